The molecule has 1 aliphatic rings. The van der Waals surface area contributed by atoms with Gasteiger partial charge in [0, 0.05) is 20.1 Å². The minimum Gasteiger partial charge on any atom is -0.480 e. The van der Waals surface area contributed by atoms with E-state index in [1.165, 1.54) is 0 Å². The molecule has 2 rings (SSSR count). The van der Waals surface area contributed by atoms with Gasteiger partial charge < -0.3 is 15.3 Å². The SMILES string of the molecule is CC(C)[C@@H](NC(=O)N1CCN(C)c2ccccc21)C(=O)O. The highest BCUT2D eigenvalue weighted by atomic mass is 16.4. The number of aliphatic carboxylic acids is 1. The van der Waals surface area contributed by atoms with Gasteiger partial charge in [-0.15, -0.1) is 0 Å². The minimum atomic E-state index is -1.01. The van der Waals surface area contributed by atoms with E-state index >= 15 is 0 Å². The molecule has 1 aromatic rings. The number of carboxylic acid groups (broad SMARTS) is 1. The smallest absolute Gasteiger partial charge is 0.326 e. The monoisotopic (exact) mass is 291 g/mol. The second kappa shape index (κ2) is 6.03. The van der Waals surface area contributed by atoms with Gasteiger partial charge in [0.25, 0.3) is 0 Å². The average molecular weight is 291 g/mol. The van der Waals surface area contributed by atoms with E-state index in [9.17, 15) is 14.7 Å². The third kappa shape index (κ3) is 3.09. The zero-order valence-electron chi connectivity index (χ0n) is 12.5. The minimum absolute atomic E-state index is 0.172. The summed E-state index contributed by atoms with van der Waals surface area (Å²) in [6, 6.07) is 6.36. The molecule has 21 heavy (non-hydrogen) atoms. The summed E-state index contributed by atoms with van der Waals surface area (Å²) in [7, 11) is 1.97. The fourth-order valence-electron chi connectivity index (χ4n) is 2.44. The van der Waals surface area contributed by atoms with Crippen molar-refractivity contribution < 1.29 is 14.7 Å². The lowest BCUT2D eigenvalue weighted by molar-refractivity contribution is -0.140. The Morgan fingerprint density at radius 1 is 1.19 bits per heavy atom. The molecule has 2 N–H and O–H groups in total. The molecule has 114 valence electrons. The number of anilines is 2. The molecule has 2 amide bonds. The van der Waals surface area contributed by atoms with Crippen LogP contribution in [0.2, 0.25) is 0 Å². The second-order valence-electron chi connectivity index (χ2n) is 5.57. The van der Waals surface area contributed by atoms with Crippen LogP contribution >= 0.6 is 0 Å². The Labute approximate surface area is 124 Å². The molecule has 6 heteroatoms. The number of amides is 2. The number of benzene rings is 1. The molecule has 0 saturated heterocycles. The molecule has 1 aromatic carbocycles. The number of carbonyl (C=O) groups excluding carboxylic acids is 1. The Bertz CT molecular complexity index is 545. The second-order valence-corrected chi connectivity index (χ2v) is 5.57. The molecule has 0 bridgehead atoms. The van der Waals surface area contributed by atoms with Crippen molar-refractivity contribution in [3.63, 3.8) is 0 Å². The van der Waals surface area contributed by atoms with Crippen LogP contribution in [0.25, 0.3) is 0 Å². The van der Waals surface area contributed by atoms with E-state index in [0.717, 1.165) is 11.4 Å². The first-order chi connectivity index (χ1) is 9.91. The zero-order chi connectivity index (χ0) is 15.6. The van der Waals surface area contributed by atoms with Crippen LogP contribution in [0.4, 0.5) is 16.2 Å². The van der Waals surface area contributed by atoms with E-state index in [2.05, 4.69) is 10.2 Å². The number of fused-ring (bicyclic) bond motifs is 1. The lowest BCUT2D eigenvalue weighted by atomic mass is 10.1. The van der Waals surface area contributed by atoms with E-state index in [4.69, 9.17) is 0 Å². The fraction of sp³-hybridized carbons (Fsp3) is 0.467. The van der Waals surface area contributed by atoms with Crippen LogP contribution in [0.3, 0.4) is 0 Å². The fourth-order valence-corrected chi connectivity index (χ4v) is 2.44. The van der Waals surface area contributed by atoms with E-state index in [0.29, 0.717) is 13.1 Å². The Balaban J connectivity index is 2.21. The lowest BCUT2D eigenvalue weighted by Gasteiger charge is -2.36. The van der Waals surface area contributed by atoms with E-state index in [1.807, 2.05) is 31.3 Å². The number of nitrogens with one attached hydrogen (secondary N) is 1. The molecule has 1 aliphatic heterocycles. The summed E-state index contributed by atoms with van der Waals surface area (Å²) in [6.07, 6.45) is 0. The lowest BCUT2D eigenvalue weighted by Crippen LogP contribution is -2.53. The van der Waals surface area contributed by atoms with Gasteiger partial charge in [0.1, 0.15) is 6.04 Å². The number of carbonyl (C=O) groups is 2. The molecule has 0 spiro atoms. The van der Waals surface area contributed by atoms with Gasteiger partial charge in [-0.1, -0.05) is 26.0 Å². The van der Waals surface area contributed by atoms with Crippen molar-refractivity contribution >= 4 is 23.4 Å². The largest absolute Gasteiger partial charge is 0.480 e. The van der Waals surface area contributed by atoms with Gasteiger partial charge in [0.2, 0.25) is 0 Å². The molecular weight excluding hydrogens is 270 g/mol. The van der Waals surface area contributed by atoms with Crippen LogP contribution in [0, 0.1) is 5.92 Å². The average Bonchev–Trinajstić information content (AvgIpc) is 2.44. The van der Waals surface area contributed by atoms with Gasteiger partial charge in [-0.2, -0.15) is 0 Å². The van der Waals surface area contributed by atoms with Crippen molar-refractivity contribution in [3.8, 4) is 0 Å². The highest BCUT2D eigenvalue weighted by molar-refractivity contribution is 5.98. The summed E-state index contributed by atoms with van der Waals surface area (Å²) in [4.78, 5) is 27.3. The van der Waals surface area contributed by atoms with Crippen LogP contribution in [-0.2, 0) is 4.79 Å². The number of carboxylic acids is 1. The molecule has 0 saturated carbocycles. The van der Waals surface area contributed by atoms with Crippen molar-refractivity contribution in [2.45, 2.75) is 19.9 Å². The van der Waals surface area contributed by atoms with Gasteiger partial charge in [-0.3, -0.25) is 4.90 Å². The number of hydrogen-bond acceptors (Lipinski definition) is 3. The van der Waals surface area contributed by atoms with Crippen LogP contribution in [0.5, 0.6) is 0 Å². The summed E-state index contributed by atoms with van der Waals surface area (Å²) >= 11 is 0. The summed E-state index contributed by atoms with van der Waals surface area (Å²) < 4.78 is 0. The molecule has 0 aliphatic carbocycles. The van der Waals surface area contributed by atoms with E-state index in [-0.39, 0.29) is 11.9 Å². The maximum atomic E-state index is 12.4. The number of nitrogens with zero attached hydrogens (tertiary/aromatic N) is 2. The third-order valence-corrected chi connectivity index (χ3v) is 3.70. The first-order valence-corrected chi connectivity index (χ1v) is 7.03. The Morgan fingerprint density at radius 2 is 1.81 bits per heavy atom. The van der Waals surface area contributed by atoms with Crippen molar-refractivity contribution in [1.29, 1.82) is 0 Å². The maximum absolute atomic E-state index is 12.4. The maximum Gasteiger partial charge on any atom is 0.326 e. The van der Waals surface area contributed by atoms with Crippen LogP contribution in [0.15, 0.2) is 24.3 Å². The molecule has 1 heterocycles. The molecule has 0 unspecified atom stereocenters. The third-order valence-electron chi connectivity index (χ3n) is 3.70. The topological polar surface area (TPSA) is 72.9 Å². The summed E-state index contributed by atoms with van der Waals surface area (Å²) in [5.41, 5.74) is 1.77. The first-order valence-electron chi connectivity index (χ1n) is 7.03. The van der Waals surface area contributed by atoms with Gasteiger partial charge in [0.15, 0.2) is 0 Å². The molecule has 0 radical (unpaired) electrons. The molecular formula is C15H21N3O3. The molecule has 0 fully saturated rings. The van der Waals surface area contributed by atoms with Crippen molar-refractivity contribution in [3.05, 3.63) is 24.3 Å². The van der Waals surface area contributed by atoms with Crippen LogP contribution in [0.1, 0.15) is 13.8 Å². The van der Waals surface area contributed by atoms with Crippen molar-refractivity contribution in [2.24, 2.45) is 5.92 Å². The number of likely N-dealkylation sites (N-methyl/N-ethyl adjacent to an activating group) is 1. The first kappa shape index (κ1) is 15.2. The quantitative estimate of drug-likeness (QED) is 0.890. The van der Waals surface area contributed by atoms with Gasteiger partial charge in [0.05, 0.1) is 11.4 Å². The summed E-state index contributed by atoms with van der Waals surface area (Å²) in [6.45, 7) is 4.79. The summed E-state index contributed by atoms with van der Waals surface area (Å²) in [5, 5.41) is 11.8. The predicted octanol–water partition coefficient (Wildman–Crippen LogP) is 1.76. The zero-order valence-corrected chi connectivity index (χ0v) is 12.5. The van der Waals surface area contributed by atoms with Crippen molar-refractivity contribution in [1.82, 2.24) is 5.32 Å². The molecule has 0 aromatic heterocycles. The number of hydrogen-bond donors (Lipinski definition) is 2. The van der Waals surface area contributed by atoms with Crippen molar-refractivity contribution in [2.75, 3.05) is 29.9 Å². The van der Waals surface area contributed by atoms with Gasteiger partial charge >= 0.3 is 12.0 Å². The van der Waals surface area contributed by atoms with E-state index < -0.39 is 12.0 Å². The van der Waals surface area contributed by atoms with Gasteiger partial charge in [-0.05, 0) is 18.1 Å². The highest BCUT2D eigenvalue weighted by Gasteiger charge is 2.29. The standard InChI is InChI=1S/C15H21N3O3/c1-10(2)13(14(19)20)16-15(21)18-9-8-17(3)11-6-4-5-7-12(11)18/h4-7,10,13H,8-9H2,1-3H3,(H,16,21)(H,19,20)/t13-/m1/s1. The molecule has 1 atom stereocenters. The van der Waals surface area contributed by atoms with Crippen LogP contribution in [-0.4, -0.2) is 43.3 Å². The normalized spacial score (nSPS) is 15.6. The predicted molar refractivity (Wildman–Crippen MR) is 81.9 cm³/mol. The number of rotatable bonds is 3. The molecule has 6 nitrogen and oxygen atoms in total. The Kier molecular flexibility index (Phi) is 4.35. The Hall–Kier alpha value is -2.24. The Morgan fingerprint density at radius 3 is 2.38 bits per heavy atom. The van der Waals surface area contributed by atoms with Crippen LogP contribution < -0.4 is 15.1 Å². The summed E-state index contributed by atoms with van der Waals surface area (Å²) in [5.74, 6) is -1.19. The highest BCUT2D eigenvalue weighted by Crippen LogP contribution is 2.31. The number of urea groups is 1. The van der Waals surface area contributed by atoms with E-state index in [1.54, 1.807) is 18.7 Å². The number of para-hydroxylation sites is 2. The van der Waals surface area contributed by atoms with Gasteiger partial charge in [-0.25, -0.2) is 9.59 Å².